The van der Waals surface area contributed by atoms with Crippen molar-refractivity contribution in [3.8, 4) is 0 Å². The van der Waals surface area contributed by atoms with Gasteiger partial charge in [0.1, 0.15) is 11.3 Å². The van der Waals surface area contributed by atoms with Crippen molar-refractivity contribution < 1.29 is 14.3 Å². The van der Waals surface area contributed by atoms with Crippen LogP contribution in [0.25, 0.3) is 23.1 Å². The van der Waals surface area contributed by atoms with Gasteiger partial charge in [0.2, 0.25) is 0 Å². The van der Waals surface area contributed by atoms with Gasteiger partial charge in [-0.2, -0.15) is 0 Å². The van der Waals surface area contributed by atoms with Crippen LogP contribution in [0.2, 0.25) is 0 Å². The molecule has 3 aromatic rings. The molecule has 1 N–H and O–H groups in total. The zero-order chi connectivity index (χ0) is 18.7. The fourth-order valence-corrected chi connectivity index (χ4v) is 2.85. The molecule has 0 spiro atoms. The molecule has 3 rings (SSSR count). The summed E-state index contributed by atoms with van der Waals surface area (Å²) in [7, 11) is 0. The molecular weight excluding hydrogens is 328 g/mol. The van der Waals surface area contributed by atoms with Crippen molar-refractivity contribution in [1.82, 2.24) is 0 Å². The molecule has 0 aliphatic carbocycles. The van der Waals surface area contributed by atoms with Gasteiger partial charge in [0.25, 0.3) is 0 Å². The molecule has 4 heteroatoms. The van der Waals surface area contributed by atoms with Gasteiger partial charge in [-0.3, -0.25) is 4.79 Å². The first kappa shape index (κ1) is 17.7. The van der Waals surface area contributed by atoms with E-state index in [9.17, 15) is 9.59 Å². The third-order valence-corrected chi connectivity index (χ3v) is 4.27. The molecule has 132 valence electrons. The molecule has 0 bridgehead atoms. The van der Waals surface area contributed by atoms with Crippen LogP contribution in [0.1, 0.15) is 46.2 Å². The summed E-state index contributed by atoms with van der Waals surface area (Å²) in [5.41, 5.74) is 3.08. The minimum absolute atomic E-state index is 0.0789. The van der Waals surface area contributed by atoms with Gasteiger partial charge in [0, 0.05) is 5.56 Å². The minimum Gasteiger partial charge on any atom is -0.478 e. The number of aromatic carboxylic acids is 1. The number of hydrogen-bond acceptors (Lipinski definition) is 3. The first-order valence-electron chi connectivity index (χ1n) is 8.57. The minimum atomic E-state index is -1.06. The predicted molar refractivity (Wildman–Crippen MR) is 104 cm³/mol. The van der Waals surface area contributed by atoms with Gasteiger partial charge in [-0.25, -0.2) is 4.79 Å². The summed E-state index contributed by atoms with van der Waals surface area (Å²) in [5.74, 6) is -0.542. The fraction of sp³-hybridized carbons (Fsp3) is 0.182. The summed E-state index contributed by atoms with van der Waals surface area (Å²) in [6, 6.07) is 12.4. The number of carboxylic acids is 1. The number of carbonyl (C=O) groups is 1. The molecule has 0 radical (unpaired) electrons. The normalized spacial score (nSPS) is 11.3. The fourth-order valence-electron chi connectivity index (χ4n) is 2.85. The zero-order valence-electron chi connectivity index (χ0n) is 14.8. The highest BCUT2D eigenvalue weighted by molar-refractivity contribution is 5.93. The van der Waals surface area contributed by atoms with Crippen LogP contribution in [-0.2, 0) is 6.42 Å². The second kappa shape index (κ2) is 7.40. The lowest BCUT2D eigenvalue weighted by Crippen LogP contribution is -2.12. The Bertz CT molecular complexity index is 1040. The van der Waals surface area contributed by atoms with E-state index < -0.39 is 5.97 Å². The van der Waals surface area contributed by atoms with Crippen LogP contribution >= 0.6 is 0 Å². The van der Waals surface area contributed by atoms with Crippen molar-refractivity contribution in [2.75, 3.05) is 0 Å². The smallest absolute Gasteiger partial charge is 0.335 e. The van der Waals surface area contributed by atoms with E-state index in [-0.39, 0.29) is 11.0 Å². The standard InChI is InChI=1S/C22H20O4/c1-3-4-17-19(11-9-15-7-5-14(2)6-8-15)26-20-12-10-16(22(24)25)13-18(20)21(17)23/h5-13H,3-4H2,1-2H3,(H,24,25)/b11-9+. The van der Waals surface area contributed by atoms with Crippen LogP contribution in [0.5, 0.6) is 0 Å². The Balaban J connectivity index is 2.13. The molecule has 0 saturated carbocycles. The first-order chi connectivity index (χ1) is 12.5. The van der Waals surface area contributed by atoms with E-state index in [0.29, 0.717) is 28.7 Å². The molecule has 0 aliphatic heterocycles. The van der Waals surface area contributed by atoms with Crippen LogP contribution in [0.4, 0.5) is 0 Å². The van der Waals surface area contributed by atoms with Gasteiger partial charge < -0.3 is 9.52 Å². The average molecular weight is 348 g/mol. The third-order valence-electron chi connectivity index (χ3n) is 4.27. The van der Waals surface area contributed by atoms with Crippen molar-refractivity contribution in [2.24, 2.45) is 0 Å². The van der Waals surface area contributed by atoms with Crippen molar-refractivity contribution >= 4 is 29.1 Å². The van der Waals surface area contributed by atoms with E-state index in [1.54, 1.807) is 6.07 Å². The first-order valence-corrected chi connectivity index (χ1v) is 8.57. The van der Waals surface area contributed by atoms with E-state index in [0.717, 1.165) is 12.0 Å². The van der Waals surface area contributed by atoms with E-state index in [1.165, 1.54) is 17.7 Å². The van der Waals surface area contributed by atoms with E-state index in [2.05, 4.69) is 0 Å². The Morgan fingerprint density at radius 2 is 1.85 bits per heavy atom. The number of aryl methyl sites for hydroxylation is 1. The van der Waals surface area contributed by atoms with Gasteiger partial charge in [-0.15, -0.1) is 0 Å². The largest absolute Gasteiger partial charge is 0.478 e. The Morgan fingerprint density at radius 1 is 1.12 bits per heavy atom. The average Bonchev–Trinajstić information content (AvgIpc) is 2.63. The predicted octanol–water partition coefficient (Wildman–Crippen LogP) is 4.92. The van der Waals surface area contributed by atoms with E-state index >= 15 is 0 Å². The summed E-state index contributed by atoms with van der Waals surface area (Å²) in [5, 5.41) is 9.45. The van der Waals surface area contributed by atoms with Gasteiger partial charge in [-0.05, 0) is 43.2 Å². The molecule has 2 aromatic carbocycles. The summed E-state index contributed by atoms with van der Waals surface area (Å²) in [6.07, 6.45) is 5.08. The van der Waals surface area contributed by atoms with Crippen LogP contribution in [0.15, 0.2) is 51.7 Å². The second-order valence-corrected chi connectivity index (χ2v) is 6.28. The Hall–Kier alpha value is -3.14. The third kappa shape index (κ3) is 3.59. The molecule has 1 aromatic heterocycles. The molecular formula is C22H20O4. The van der Waals surface area contributed by atoms with Crippen LogP contribution in [0.3, 0.4) is 0 Å². The van der Waals surface area contributed by atoms with Gasteiger partial charge in [0.05, 0.1) is 10.9 Å². The summed E-state index contributed by atoms with van der Waals surface area (Å²) in [4.78, 5) is 24.1. The maximum Gasteiger partial charge on any atom is 0.335 e. The summed E-state index contributed by atoms with van der Waals surface area (Å²) >= 11 is 0. The van der Waals surface area contributed by atoms with Gasteiger partial charge in [0.15, 0.2) is 5.43 Å². The van der Waals surface area contributed by atoms with E-state index in [1.807, 2.05) is 50.3 Å². The number of carboxylic acid groups (broad SMARTS) is 1. The highest BCUT2D eigenvalue weighted by atomic mass is 16.4. The number of fused-ring (bicyclic) bond motifs is 1. The van der Waals surface area contributed by atoms with Crippen LogP contribution in [0, 0.1) is 6.92 Å². The molecule has 26 heavy (non-hydrogen) atoms. The maximum atomic E-state index is 12.9. The van der Waals surface area contributed by atoms with Crippen molar-refractivity contribution in [2.45, 2.75) is 26.7 Å². The van der Waals surface area contributed by atoms with Gasteiger partial charge in [-0.1, -0.05) is 49.2 Å². The SMILES string of the molecule is CCCc1c(/C=C/c2ccc(C)cc2)oc2ccc(C(=O)O)cc2c1=O. The molecule has 0 unspecified atom stereocenters. The lowest BCUT2D eigenvalue weighted by molar-refractivity contribution is 0.0697. The quantitative estimate of drug-likeness (QED) is 0.710. The number of rotatable bonds is 5. The maximum absolute atomic E-state index is 12.9. The lowest BCUT2D eigenvalue weighted by Gasteiger charge is -2.07. The van der Waals surface area contributed by atoms with Crippen molar-refractivity contribution in [3.63, 3.8) is 0 Å². The molecule has 0 saturated heterocycles. The zero-order valence-corrected chi connectivity index (χ0v) is 14.8. The topological polar surface area (TPSA) is 67.5 Å². The lowest BCUT2D eigenvalue weighted by atomic mass is 10.0. The Labute approximate surface area is 151 Å². The van der Waals surface area contributed by atoms with Crippen LogP contribution in [-0.4, -0.2) is 11.1 Å². The number of hydrogen-bond donors (Lipinski definition) is 1. The van der Waals surface area contributed by atoms with Crippen LogP contribution < -0.4 is 5.43 Å². The highest BCUT2D eigenvalue weighted by Gasteiger charge is 2.14. The van der Waals surface area contributed by atoms with Crippen molar-refractivity contribution in [1.29, 1.82) is 0 Å². The molecule has 4 nitrogen and oxygen atoms in total. The van der Waals surface area contributed by atoms with Gasteiger partial charge >= 0.3 is 5.97 Å². The Kier molecular flexibility index (Phi) is 5.03. The monoisotopic (exact) mass is 348 g/mol. The summed E-state index contributed by atoms with van der Waals surface area (Å²) < 4.78 is 5.93. The molecule has 0 atom stereocenters. The molecule has 0 fully saturated rings. The second-order valence-electron chi connectivity index (χ2n) is 6.28. The Morgan fingerprint density at radius 3 is 2.50 bits per heavy atom. The van der Waals surface area contributed by atoms with E-state index in [4.69, 9.17) is 9.52 Å². The highest BCUT2D eigenvalue weighted by Crippen LogP contribution is 2.21. The molecule has 0 amide bonds. The van der Waals surface area contributed by atoms with Crippen molar-refractivity contribution in [3.05, 3.63) is 80.7 Å². The molecule has 0 aliphatic rings. The molecule has 1 heterocycles. The number of benzene rings is 2. The summed E-state index contributed by atoms with van der Waals surface area (Å²) in [6.45, 7) is 4.02.